The van der Waals surface area contributed by atoms with Crippen LogP contribution >= 0.6 is 0 Å². The molecule has 0 aliphatic rings. The molecule has 1 aromatic heterocycles. The van der Waals surface area contributed by atoms with Crippen LogP contribution in [0.3, 0.4) is 0 Å². The van der Waals surface area contributed by atoms with Crippen molar-refractivity contribution in [2.45, 2.75) is 40.2 Å². The molecule has 21 heavy (non-hydrogen) atoms. The van der Waals surface area contributed by atoms with Gasteiger partial charge in [0.2, 0.25) is 5.95 Å². The predicted molar refractivity (Wildman–Crippen MR) is 89.3 cm³/mol. The molecule has 112 valence electrons. The molecule has 1 N–H and O–H groups in total. The van der Waals surface area contributed by atoms with Gasteiger partial charge in [-0.2, -0.15) is 4.98 Å². The van der Waals surface area contributed by atoms with Gasteiger partial charge in [0, 0.05) is 24.5 Å². The van der Waals surface area contributed by atoms with Gasteiger partial charge in [-0.3, -0.25) is 0 Å². The molecule has 1 atom stereocenters. The van der Waals surface area contributed by atoms with Crippen LogP contribution in [0.1, 0.15) is 32.8 Å². The lowest BCUT2D eigenvalue weighted by Gasteiger charge is -2.23. The van der Waals surface area contributed by atoms with Crippen molar-refractivity contribution >= 4 is 17.5 Å². The summed E-state index contributed by atoms with van der Waals surface area (Å²) < 4.78 is 0. The van der Waals surface area contributed by atoms with Gasteiger partial charge in [0.15, 0.2) is 0 Å². The first-order chi connectivity index (χ1) is 10.1. The molecule has 0 bridgehead atoms. The van der Waals surface area contributed by atoms with Crippen LogP contribution in [0.15, 0.2) is 36.5 Å². The number of hydrogen-bond acceptors (Lipinski definition) is 4. The van der Waals surface area contributed by atoms with Gasteiger partial charge in [-0.1, -0.05) is 19.1 Å². The smallest absolute Gasteiger partial charge is 0.224 e. The summed E-state index contributed by atoms with van der Waals surface area (Å²) in [7, 11) is 0. The molecule has 0 fully saturated rings. The molecule has 0 aliphatic carbocycles. The molecule has 1 heterocycles. The van der Waals surface area contributed by atoms with Crippen LogP contribution in [0.2, 0.25) is 0 Å². The first-order valence-electron chi connectivity index (χ1n) is 7.57. The molecule has 0 amide bonds. The van der Waals surface area contributed by atoms with Crippen LogP contribution in [-0.4, -0.2) is 22.6 Å². The van der Waals surface area contributed by atoms with Crippen molar-refractivity contribution in [1.82, 2.24) is 9.97 Å². The topological polar surface area (TPSA) is 41.1 Å². The summed E-state index contributed by atoms with van der Waals surface area (Å²) in [5.41, 5.74) is 2.41. The summed E-state index contributed by atoms with van der Waals surface area (Å²) >= 11 is 0. The Hall–Kier alpha value is -2.10. The van der Waals surface area contributed by atoms with Crippen LogP contribution < -0.4 is 10.2 Å². The molecule has 0 spiro atoms. The number of anilines is 3. The van der Waals surface area contributed by atoms with E-state index in [2.05, 4.69) is 72.1 Å². The maximum Gasteiger partial charge on any atom is 0.224 e. The van der Waals surface area contributed by atoms with E-state index >= 15 is 0 Å². The molecule has 0 saturated heterocycles. The van der Waals surface area contributed by atoms with Crippen molar-refractivity contribution in [2.24, 2.45) is 0 Å². The number of nitrogens with zero attached hydrogens (tertiary/aromatic N) is 3. The fourth-order valence-corrected chi connectivity index (χ4v) is 2.16. The van der Waals surface area contributed by atoms with Gasteiger partial charge < -0.3 is 10.2 Å². The fraction of sp³-hybridized carbons (Fsp3) is 0.412. The number of benzene rings is 1. The van der Waals surface area contributed by atoms with E-state index in [4.69, 9.17) is 0 Å². The first kappa shape index (κ1) is 15.3. The van der Waals surface area contributed by atoms with E-state index in [1.54, 1.807) is 0 Å². The van der Waals surface area contributed by atoms with Gasteiger partial charge in [0.25, 0.3) is 0 Å². The predicted octanol–water partition coefficient (Wildman–Crippen LogP) is 4.15. The standard InChI is InChI=1S/C17H24N4/c1-5-14(4)19-17-18-11-10-16(20-17)21(6-2)15-9-7-8-13(3)12-15/h7-12,14H,5-6H2,1-4H3,(H,18,19,20). The van der Waals surface area contributed by atoms with E-state index in [9.17, 15) is 0 Å². The number of rotatable bonds is 6. The summed E-state index contributed by atoms with van der Waals surface area (Å²) in [5.74, 6) is 1.61. The molecule has 4 nitrogen and oxygen atoms in total. The number of aryl methyl sites for hydroxylation is 1. The Bertz CT molecular complexity index is 583. The fourth-order valence-electron chi connectivity index (χ4n) is 2.16. The largest absolute Gasteiger partial charge is 0.352 e. The first-order valence-corrected chi connectivity index (χ1v) is 7.57. The average molecular weight is 284 g/mol. The molecule has 2 aromatic rings. The Kier molecular flexibility index (Phi) is 5.14. The van der Waals surface area contributed by atoms with Crippen LogP contribution in [0.25, 0.3) is 0 Å². The highest BCUT2D eigenvalue weighted by molar-refractivity contribution is 5.61. The Morgan fingerprint density at radius 2 is 2.05 bits per heavy atom. The zero-order valence-corrected chi connectivity index (χ0v) is 13.3. The van der Waals surface area contributed by atoms with E-state index in [-0.39, 0.29) is 0 Å². The minimum atomic E-state index is 0.370. The molecule has 1 unspecified atom stereocenters. The van der Waals surface area contributed by atoms with Gasteiger partial charge in [0.1, 0.15) is 5.82 Å². The van der Waals surface area contributed by atoms with Crippen LogP contribution in [0.4, 0.5) is 17.5 Å². The van der Waals surface area contributed by atoms with Crippen LogP contribution in [0, 0.1) is 6.92 Å². The van der Waals surface area contributed by atoms with Gasteiger partial charge in [-0.15, -0.1) is 0 Å². The maximum atomic E-state index is 4.64. The van der Waals surface area contributed by atoms with Gasteiger partial charge in [-0.05, 0) is 51.0 Å². The summed E-state index contributed by atoms with van der Waals surface area (Å²) in [4.78, 5) is 11.1. The number of hydrogen-bond donors (Lipinski definition) is 1. The third-order valence-corrected chi connectivity index (χ3v) is 3.53. The van der Waals surface area contributed by atoms with E-state index < -0.39 is 0 Å². The highest BCUT2D eigenvalue weighted by Crippen LogP contribution is 2.24. The van der Waals surface area contributed by atoms with Crippen molar-refractivity contribution in [1.29, 1.82) is 0 Å². The van der Waals surface area contributed by atoms with Gasteiger partial charge in [0.05, 0.1) is 0 Å². The van der Waals surface area contributed by atoms with Crippen LogP contribution in [0.5, 0.6) is 0 Å². The lowest BCUT2D eigenvalue weighted by molar-refractivity contribution is 0.752. The Balaban J connectivity index is 2.28. The second kappa shape index (κ2) is 7.07. The summed E-state index contributed by atoms with van der Waals surface area (Å²) in [6.45, 7) is 9.38. The second-order valence-corrected chi connectivity index (χ2v) is 5.28. The van der Waals surface area contributed by atoms with E-state index in [1.807, 2.05) is 12.3 Å². The highest BCUT2D eigenvalue weighted by atomic mass is 15.2. The molecular formula is C17H24N4. The zero-order chi connectivity index (χ0) is 15.2. The summed E-state index contributed by atoms with van der Waals surface area (Å²) in [6, 6.07) is 10.8. The third-order valence-electron chi connectivity index (χ3n) is 3.53. The molecule has 0 saturated carbocycles. The maximum absolute atomic E-state index is 4.64. The van der Waals surface area contributed by atoms with Crippen LogP contribution in [-0.2, 0) is 0 Å². The van der Waals surface area contributed by atoms with Crippen molar-refractivity contribution in [3.05, 3.63) is 42.1 Å². The lowest BCUT2D eigenvalue weighted by atomic mass is 10.2. The van der Waals surface area contributed by atoms with Crippen molar-refractivity contribution in [3.8, 4) is 0 Å². The number of nitrogens with one attached hydrogen (secondary N) is 1. The Morgan fingerprint density at radius 1 is 1.24 bits per heavy atom. The monoisotopic (exact) mass is 284 g/mol. The molecular weight excluding hydrogens is 260 g/mol. The second-order valence-electron chi connectivity index (χ2n) is 5.28. The van der Waals surface area contributed by atoms with E-state index in [0.29, 0.717) is 12.0 Å². The van der Waals surface area contributed by atoms with E-state index in [1.165, 1.54) is 5.56 Å². The van der Waals surface area contributed by atoms with Crippen molar-refractivity contribution in [3.63, 3.8) is 0 Å². The van der Waals surface area contributed by atoms with E-state index in [0.717, 1.165) is 24.5 Å². The minimum absolute atomic E-state index is 0.370. The molecule has 4 heteroatoms. The normalized spacial score (nSPS) is 12.0. The van der Waals surface area contributed by atoms with Gasteiger partial charge >= 0.3 is 0 Å². The Labute approximate surface area is 127 Å². The third kappa shape index (κ3) is 3.94. The van der Waals surface area contributed by atoms with Crippen molar-refractivity contribution in [2.75, 3.05) is 16.8 Å². The lowest BCUT2D eigenvalue weighted by Crippen LogP contribution is -2.20. The Morgan fingerprint density at radius 3 is 2.71 bits per heavy atom. The molecule has 0 aliphatic heterocycles. The summed E-state index contributed by atoms with van der Waals surface area (Å²) in [5, 5.41) is 3.32. The summed E-state index contributed by atoms with van der Waals surface area (Å²) in [6.07, 6.45) is 2.86. The quantitative estimate of drug-likeness (QED) is 0.865. The molecule has 2 rings (SSSR count). The van der Waals surface area contributed by atoms with Gasteiger partial charge in [-0.25, -0.2) is 4.98 Å². The zero-order valence-electron chi connectivity index (χ0n) is 13.3. The number of aromatic nitrogens is 2. The average Bonchev–Trinajstić information content (AvgIpc) is 2.48. The highest BCUT2D eigenvalue weighted by Gasteiger charge is 2.10. The van der Waals surface area contributed by atoms with Crippen molar-refractivity contribution < 1.29 is 0 Å². The molecule has 0 radical (unpaired) electrons. The molecule has 1 aromatic carbocycles. The SMILES string of the molecule is CCC(C)Nc1nccc(N(CC)c2cccc(C)c2)n1. The minimum Gasteiger partial charge on any atom is -0.352 e.